The number of thiocarbonyl (C=S) groups is 1. The number of pyridine rings is 1. The van der Waals surface area contributed by atoms with E-state index in [1.807, 2.05) is 12.3 Å². The fourth-order valence-electron chi connectivity index (χ4n) is 3.17. The number of hydrogen-bond donors (Lipinski definition) is 0. The van der Waals surface area contributed by atoms with Crippen LogP contribution in [0.2, 0.25) is 18.1 Å². The highest BCUT2D eigenvalue weighted by atomic mass is 32.1. The van der Waals surface area contributed by atoms with Crippen LogP contribution in [0, 0.1) is 12.8 Å². The number of hydrogen-bond acceptors (Lipinski definition) is 4. The molecule has 5 heteroatoms. The van der Waals surface area contributed by atoms with Crippen molar-refractivity contribution in [3.8, 4) is 0 Å². The minimum absolute atomic E-state index is 0.148. The predicted molar refractivity (Wildman–Crippen MR) is 113 cm³/mol. The molecule has 0 radical (unpaired) electrons. The van der Waals surface area contributed by atoms with Crippen LogP contribution >= 0.6 is 12.2 Å². The molecule has 2 heterocycles. The number of likely N-dealkylation sites (tertiary alicyclic amines) is 1. The third-order valence-electron chi connectivity index (χ3n) is 6.01. The van der Waals surface area contributed by atoms with Crippen LogP contribution in [-0.4, -0.2) is 41.9 Å². The van der Waals surface area contributed by atoms with Crippen LogP contribution in [0.1, 0.15) is 52.3 Å². The molecule has 140 valence electrons. The van der Waals surface area contributed by atoms with E-state index in [0.29, 0.717) is 12.0 Å². The number of aryl methyl sites for hydroxylation is 1. The van der Waals surface area contributed by atoms with E-state index in [2.05, 4.69) is 70.6 Å². The molecule has 1 unspecified atom stereocenters. The van der Waals surface area contributed by atoms with Crippen LogP contribution in [0.15, 0.2) is 18.3 Å². The maximum absolute atomic E-state index is 6.60. The topological polar surface area (TPSA) is 25.4 Å². The summed E-state index contributed by atoms with van der Waals surface area (Å²) in [5.74, 6) is 0.309. The van der Waals surface area contributed by atoms with Gasteiger partial charge in [-0.2, -0.15) is 0 Å². The summed E-state index contributed by atoms with van der Waals surface area (Å²) in [6.45, 7) is 19.1. The van der Waals surface area contributed by atoms with Crippen molar-refractivity contribution in [1.29, 1.82) is 0 Å². The first-order valence-electron chi connectivity index (χ1n) is 9.34. The average Bonchev–Trinajstić information content (AvgIpc) is 2.43. The SMILES string of the molecule is Cc1ccnc(C(=S)[C@H](C)C2CCN2[C@@H](C)O[Si](C)(C)C(C)(C)C)c1. The van der Waals surface area contributed by atoms with Crippen molar-refractivity contribution in [2.45, 2.75) is 78.4 Å². The largest absolute Gasteiger partial charge is 0.402 e. The third kappa shape index (κ3) is 4.56. The highest BCUT2D eigenvalue weighted by Crippen LogP contribution is 2.39. The molecule has 0 amide bonds. The summed E-state index contributed by atoms with van der Waals surface area (Å²) in [7, 11) is -1.76. The first-order valence-corrected chi connectivity index (χ1v) is 12.7. The lowest BCUT2D eigenvalue weighted by Crippen LogP contribution is -2.59. The van der Waals surface area contributed by atoms with Crippen LogP contribution in [0.4, 0.5) is 0 Å². The van der Waals surface area contributed by atoms with Gasteiger partial charge in [0, 0.05) is 29.6 Å². The number of aromatic nitrogens is 1. The van der Waals surface area contributed by atoms with Gasteiger partial charge in [0.15, 0.2) is 8.32 Å². The second-order valence-electron chi connectivity index (χ2n) is 8.94. The van der Waals surface area contributed by atoms with E-state index in [0.717, 1.165) is 17.1 Å². The van der Waals surface area contributed by atoms with E-state index in [1.54, 1.807) is 0 Å². The van der Waals surface area contributed by atoms with Gasteiger partial charge in [-0.15, -0.1) is 0 Å². The molecule has 0 N–H and O–H groups in total. The van der Waals surface area contributed by atoms with E-state index < -0.39 is 8.32 Å². The monoisotopic (exact) mass is 378 g/mol. The molecule has 1 aliphatic heterocycles. The molecule has 1 aromatic rings. The molecule has 1 aliphatic rings. The van der Waals surface area contributed by atoms with E-state index in [4.69, 9.17) is 16.6 Å². The molecule has 25 heavy (non-hydrogen) atoms. The molecule has 3 nitrogen and oxygen atoms in total. The lowest BCUT2D eigenvalue weighted by Gasteiger charge is -2.50. The zero-order valence-corrected chi connectivity index (χ0v) is 18.9. The van der Waals surface area contributed by atoms with Gasteiger partial charge in [-0.05, 0) is 56.1 Å². The molecule has 0 aliphatic carbocycles. The Morgan fingerprint density at radius 1 is 1.36 bits per heavy atom. The molecule has 3 atom stereocenters. The van der Waals surface area contributed by atoms with Crippen molar-refractivity contribution in [3.63, 3.8) is 0 Å². The van der Waals surface area contributed by atoms with Gasteiger partial charge >= 0.3 is 0 Å². The van der Waals surface area contributed by atoms with Crippen molar-refractivity contribution in [1.82, 2.24) is 9.88 Å². The van der Waals surface area contributed by atoms with Gasteiger partial charge in [0.05, 0.1) is 11.9 Å². The smallest absolute Gasteiger partial charge is 0.194 e. The molecule has 2 rings (SSSR count). The Balaban J connectivity index is 2.05. The maximum atomic E-state index is 6.60. The van der Waals surface area contributed by atoms with Crippen molar-refractivity contribution >= 4 is 25.4 Å². The Hall–Kier alpha value is -0.623. The molecule has 1 aromatic heterocycles. The van der Waals surface area contributed by atoms with Crippen molar-refractivity contribution in [3.05, 3.63) is 29.6 Å². The lowest BCUT2D eigenvalue weighted by molar-refractivity contribution is -0.0644. The van der Waals surface area contributed by atoms with Gasteiger partial charge in [0.2, 0.25) is 0 Å². The third-order valence-corrected chi connectivity index (χ3v) is 11.1. The summed E-state index contributed by atoms with van der Waals surface area (Å²) in [5, 5.41) is 0.230. The second-order valence-corrected chi connectivity index (χ2v) is 14.1. The first-order chi connectivity index (χ1) is 11.4. The van der Waals surface area contributed by atoms with Crippen molar-refractivity contribution in [2.75, 3.05) is 6.54 Å². The van der Waals surface area contributed by atoms with Crippen LogP contribution in [0.3, 0.4) is 0 Å². The quantitative estimate of drug-likeness (QED) is 0.386. The Morgan fingerprint density at radius 2 is 2.00 bits per heavy atom. The van der Waals surface area contributed by atoms with E-state index in [9.17, 15) is 0 Å². The van der Waals surface area contributed by atoms with E-state index in [1.165, 1.54) is 12.0 Å². The predicted octanol–water partition coefficient (Wildman–Crippen LogP) is 5.19. The van der Waals surface area contributed by atoms with E-state index >= 15 is 0 Å². The van der Waals surface area contributed by atoms with Gasteiger partial charge in [0.25, 0.3) is 0 Å². The van der Waals surface area contributed by atoms with Gasteiger partial charge in [-0.1, -0.05) is 39.9 Å². The van der Waals surface area contributed by atoms with Crippen molar-refractivity contribution in [2.24, 2.45) is 5.92 Å². The molecular formula is C20H34N2OSSi. The Labute approximate surface area is 160 Å². The fraction of sp³-hybridized carbons (Fsp3) is 0.700. The highest BCUT2D eigenvalue weighted by Gasteiger charge is 2.43. The van der Waals surface area contributed by atoms with Crippen LogP contribution < -0.4 is 0 Å². The van der Waals surface area contributed by atoms with Crippen LogP contribution in [-0.2, 0) is 4.43 Å². The van der Waals surface area contributed by atoms with Crippen molar-refractivity contribution < 1.29 is 4.43 Å². The number of nitrogens with zero attached hydrogens (tertiary/aromatic N) is 2. The minimum atomic E-state index is -1.76. The molecule has 0 bridgehead atoms. The molecular weight excluding hydrogens is 344 g/mol. The number of rotatable bonds is 6. The first kappa shape index (κ1) is 20.7. The standard InChI is InChI=1S/C20H34N2OSSi/c1-14-9-11-21-17(13-14)19(24)15(2)18-10-12-22(18)16(3)23-25(7,8)20(4,5)6/h9,11,13,15-16,18H,10,12H2,1-8H3/t15-,16-,18?/m1/s1. The fourth-order valence-corrected chi connectivity index (χ4v) is 4.78. The zero-order chi connectivity index (χ0) is 19.0. The lowest BCUT2D eigenvalue weighted by atomic mass is 9.86. The zero-order valence-electron chi connectivity index (χ0n) is 17.1. The van der Waals surface area contributed by atoms with Gasteiger partial charge in [-0.25, -0.2) is 0 Å². The summed E-state index contributed by atoms with van der Waals surface area (Å²) in [6, 6.07) is 4.56. The summed E-state index contributed by atoms with van der Waals surface area (Å²) >= 11 is 5.77. The molecule has 0 saturated carbocycles. The molecule has 0 aromatic carbocycles. The Morgan fingerprint density at radius 3 is 2.48 bits per heavy atom. The van der Waals surface area contributed by atoms with E-state index in [-0.39, 0.29) is 11.3 Å². The van der Waals surface area contributed by atoms with Gasteiger partial charge < -0.3 is 4.43 Å². The summed E-state index contributed by atoms with van der Waals surface area (Å²) in [6.07, 6.45) is 3.18. The van der Waals surface area contributed by atoms with Gasteiger partial charge in [-0.3, -0.25) is 9.88 Å². The highest BCUT2D eigenvalue weighted by molar-refractivity contribution is 7.80. The normalized spacial score (nSPS) is 21.5. The summed E-state index contributed by atoms with van der Waals surface area (Å²) in [5.41, 5.74) is 2.16. The average molecular weight is 379 g/mol. The molecule has 1 fully saturated rings. The Kier molecular flexibility index (Phi) is 6.25. The minimum Gasteiger partial charge on any atom is -0.402 e. The molecule has 0 spiro atoms. The van der Waals surface area contributed by atoms with Crippen LogP contribution in [0.25, 0.3) is 0 Å². The second kappa shape index (κ2) is 7.55. The molecule has 1 saturated heterocycles. The summed E-state index contributed by atoms with van der Waals surface area (Å²) < 4.78 is 6.60. The van der Waals surface area contributed by atoms with Gasteiger partial charge in [0.1, 0.15) is 0 Å². The summed E-state index contributed by atoms with van der Waals surface area (Å²) in [4.78, 5) is 7.93. The Bertz CT molecular complexity index is 626. The van der Waals surface area contributed by atoms with Crippen LogP contribution in [0.5, 0.6) is 0 Å². The maximum Gasteiger partial charge on any atom is 0.194 e.